The second-order valence-corrected chi connectivity index (χ2v) is 3.15. The van der Waals surface area contributed by atoms with Gasteiger partial charge in [-0.1, -0.05) is 6.07 Å². The zero-order valence-corrected chi connectivity index (χ0v) is 7.72. The number of phenols is 1. The minimum atomic E-state index is 0.301. The zero-order valence-electron chi connectivity index (χ0n) is 7.72. The van der Waals surface area contributed by atoms with E-state index in [0.29, 0.717) is 5.75 Å². The van der Waals surface area contributed by atoms with Crippen molar-refractivity contribution in [1.29, 1.82) is 0 Å². The van der Waals surface area contributed by atoms with E-state index in [0.717, 1.165) is 11.1 Å². The third-order valence-corrected chi connectivity index (χ3v) is 2.00. The van der Waals surface area contributed by atoms with Crippen LogP contribution in [0.4, 0.5) is 0 Å². The molecule has 0 saturated heterocycles. The molecule has 1 aliphatic carbocycles. The van der Waals surface area contributed by atoms with Crippen molar-refractivity contribution in [2.75, 3.05) is 0 Å². The quantitative estimate of drug-likeness (QED) is 0.663. The molecule has 0 aliphatic heterocycles. The molecule has 0 heterocycles. The van der Waals surface area contributed by atoms with E-state index in [-0.39, 0.29) is 0 Å². The van der Waals surface area contributed by atoms with Crippen LogP contribution in [0.15, 0.2) is 54.1 Å². The molecule has 0 spiro atoms. The Bertz CT molecular complexity index is 411. The SMILES string of the molecule is Oc1cccc(C=C2C=CC=C[CH+]2)c1. The maximum atomic E-state index is 9.27. The van der Waals surface area contributed by atoms with Crippen LogP contribution in [0.5, 0.6) is 5.75 Å². The molecule has 1 N–H and O–H groups in total. The summed E-state index contributed by atoms with van der Waals surface area (Å²) in [6.45, 7) is 0. The van der Waals surface area contributed by atoms with Crippen LogP contribution in [-0.2, 0) is 0 Å². The smallest absolute Gasteiger partial charge is 0.117 e. The minimum absolute atomic E-state index is 0.301. The topological polar surface area (TPSA) is 20.2 Å². The van der Waals surface area contributed by atoms with Crippen molar-refractivity contribution < 1.29 is 5.11 Å². The molecule has 14 heavy (non-hydrogen) atoms. The average Bonchev–Trinajstić information content (AvgIpc) is 2.19. The lowest BCUT2D eigenvalue weighted by Gasteiger charge is -1.95. The lowest BCUT2D eigenvalue weighted by Crippen LogP contribution is -1.82. The number of allylic oxidation sites excluding steroid dienone is 5. The number of phenolic OH excluding ortho intramolecular Hbond substituents is 1. The van der Waals surface area contributed by atoms with Crippen LogP contribution in [0.25, 0.3) is 6.08 Å². The summed E-state index contributed by atoms with van der Waals surface area (Å²) in [5, 5.41) is 9.27. The van der Waals surface area contributed by atoms with Gasteiger partial charge in [0, 0.05) is 42.4 Å². The van der Waals surface area contributed by atoms with E-state index in [9.17, 15) is 5.11 Å². The monoisotopic (exact) mass is 183 g/mol. The first-order valence-electron chi connectivity index (χ1n) is 4.53. The molecule has 0 atom stereocenters. The highest BCUT2D eigenvalue weighted by molar-refractivity contribution is 5.61. The van der Waals surface area contributed by atoms with Crippen molar-refractivity contribution >= 4 is 6.08 Å². The van der Waals surface area contributed by atoms with E-state index in [1.54, 1.807) is 12.1 Å². The molecule has 68 valence electrons. The Labute approximate surface area is 83.7 Å². The van der Waals surface area contributed by atoms with Gasteiger partial charge in [0.1, 0.15) is 5.75 Å². The molecule has 0 unspecified atom stereocenters. The fourth-order valence-electron chi connectivity index (χ4n) is 1.36. The van der Waals surface area contributed by atoms with E-state index in [1.165, 1.54) is 0 Å². The van der Waals surface area contributed by atoms with Crippen LogP contribution < -0.4 is 0 Å². The normalized spacial score (nSPS) is 17.0. The van der Waals surface area contributed by atoms with Crippen molar-refractivity contribution in [1.82, 2.24) is 0 Å². The van der Waals surface area contributed by atoms with Crippen LogP contribution in [0.1, 0.15) is 5.56 Å². The van der Waals surface area contributed by atoms with Gasteiger partial charge in [-0.05, 0) is 18.2 Å². The molecule has 1 heteroatoms. The Morgan fingerprint density at radius 1 is 1.21 bits per heavy atom. The molecule has 0 aromatic heterocycles. The van der Waals surface area contributed by atoms with Gasteiger partial charge in [0.25, 0.3) is 0 Å². The van der Waals surface area contributed by atoms with E-state index < -0.39 is 0 Å². The van der Waals surface area contributed by atoms with Gasteiger partial charge in [0.05, 0.1) is 5.57 Å². The highest BCUT2D eigenvalue weighted by Crippen LogP contribution is 2.17. The first-order chi connectivity index (χ1) is 6.84. The summed E-state index contributed by atoms with van der Waals surface area (Å²) in [6, 6.07) is 7.21. The predicted octanol–water partition coefficient (Wildman–Crippen LogP) is 3.11. The number of hydrogen-bond acceptors (Lipinski definition) is 1. The zero-order chi connectivity index (χ0) is 9.80. The standard InChI is InChI=1S/C13H10O/c14-13-8-4-7-12(10-13)9-11-5-2-1-3-6-11/h1-10H/p+1. The Morgan fingerprint density at radius 2 is 2.14 bits per heavy atom. The Kier molecular flexibility index (Phi) is 2.41. The third kappa shape index (κ3) is 2.07. The van der Waals surface area contributed by atoms with Gasteiger partial charge in [-0.25, -0.2) is 0 Å². The highest BCUT2D eigenvalue weighted by Gasteiger charge is 2.02. The summed E-state index contributed by atoms with van der Waals surface area (Å²) in [7, 11) is 0. The van der Waals surface area contributed by atoms with Crippen LogP contribution in [0, 0.1) is 6.42 Å². The molecule has 1 nitrogen and oxygen atoms in total. The van der Waals surface area contributed by atoms with Gasteiger partial charge in [-0.15, -0.1) is 0 Å². The van der Waals surface area contributed by atoms with Gasteiger partial charge >= 0.3 is 0 Å². The number of hydrogen-bond donors (Lipinski definition) is 1. The average molecular weight is 183 g/mol. The van der Waals surface area contributed by atoms with E-state index >= 15 is 0 Å². The fraction of sp³-hybridized carbons (Fsp3) is 0. The molecule has 0 fully saturated rings. The predicted molar refractivity (Wildman–Crippen MR) is 58.7 cm³/mol. The molecule has 1 aromatic carbocycles. The lowest BCUT2D eigenvalue weighted by atomic mass is 10.0. The van der Waals surface area contributed by atoms with Crippen LogP contribution in [0.3, 0.4) is 0 Å². The van der Waals surface area contributed by atoms with Crippen molar-refractivity contribution in [3.05, 3.63) is 66.1 Å². The van der Waals surface area contributed by atoms with Crippen molar-refractivity contribution in [2.24, 2.45) is 0 Å². The molecule has 2 rings (SSSR count). The second-order valence-electron chi connectivity index (χ2n) is 3.15. The number of rotatable bonds is 1. The molecular weight excluding hydrogens is 172 g/mol. The Hall–Kier alpha value is -1.89. The van der Waals surface area contributed by atoms with Crippen LogP contribution >= 0.6 is 0 Å². The Balaban J connectivity index is 2.25. The molecule has 0 bridgehead atoms. The summed E-state index contributed by atoms with van der Waals surface area (Å²) in [5.74, 6) is 0.301. The number of aromatic hydroxyl groups is 1. The molecular formula is C13H11O+. The highest BCUT2D eigenvalue weighted by atomic mass is 16.3. The molecule has 1 aromatic rings. The Morgan fingerprint density at radius 3 is 2.86 bits per heavy atom. The van der Waals surface area contributed by atoms with Crippen molar-refractivity contribution in [3.63, 3.8) is 0 Å². The minimum Gasteiger partial charge on any atom is -0.508 e. The van der Waals surface area contributed by atoms with Crippen LogP contribution in [0.2, 0.25) is 0 Å². The van der Waals surface area contributed by atoms with Crippen molar-refractivity contribution in [3.8, 4) is 5.75 Å². The first kappa shape index (κ1) is 8.70. The maximum Gasteiger partial charge on any atom is 0.117 e. The van der Waals surface area contributed by atoms with Gasteiger partial charge in [0.2, 0.25) is 0 Å². The molecule has 0 radical (unpaired) electrons. The summed E-state index contributed by atoms with van der Waals surface area (Å²) in [5.41, 5.74) is 2.15. The molecule has 0 saturated carbocycles. The van der Waals surface area contributed by atoms with Gasteiger partial charge in [-0.2, -0.15) is 0 Å². The summed E-state index contributed by atoms with van der Waals surface area (Å²) < 4.78 is 0. The summed E-state index contributed by atoms with van der Waals surface area (Å²) >= 11 is 0. The van der Waals surface area contributed by atoms with E-state index in [4.69, 9.17) is 0 Å². The first-order valence-corrected chi connectivity index (χ1v) is 4.53. The fourth-order valence-corrected chi connectivity index (χ4v) is 1.36. The van der Waals surface area contributed by atoms with E-state index in [1.807, 2.05) is 48.9 Å². The summed E-state index contributed by atoms with van der Waals surface area (Å²) in [6.07, 6.45) is 12.1. The molecule has 1 aliphatic rings. The van der Waals surface area contributed by atoms with Gasteiger partial charge < -0.3 is 5.11 Å². The summed E-state index contributed by atoms with van der Waals surface area (Å²) in [4.78, 5) is 0. The molecule has 0 amide bonds. The maximum absolute atomic E-state index is 9.27. The number of benzene rings is 1. The third-order valence-electron chi connectivity index (χ3n) is 2.00. The van der Waals surface area contributed by atoms with Gasteiger partial charge in [0.15, 0.2) is 0 Å². The van der Waals surface area contributed by atoms with E-state index in [2.05, 4.69) is 0 Å². The lowest BCUT2D eigenvalue weighted by molar-refractivity contribution is 0.475. The van der Waals surface area contributed by atoms with Crippen molar-refractivity contribution in [2.45, 2.75) is 0 Å². The second kappa shape index (κ2) is 3.88. The largest absolute Gasteiger partial charge is 0.508 e. The van der Waals surface area contributed by atoms with Crippen LogP contribution in [-0.4, -0.2) is 5.11 Å². The van der Waals surface area contributed by atoms with Gasteiger partial charge in [-0.3, -0.25) is 0 Å².